The lowest BCUT2D eigenvalue weighted by atomic mass is 9.95. The van der Waals surface area contributed by atoms with E-state index in [0.717, 1.165) is 12.6 Å². The van der Waals surface area contributed by atoms with Crippen molar-refractivity contribution < 1.29 is 5.11 Å². The van der Waals surface area contributed by atoms with E-state index >= 15 is 0 Å². The Morgan fingerprint density at radius 3 is 2.60 bits per heavy atom. The highest BCUT2D eigenvalue weighted by molar-refractivity contribution is 5.85. The van der Waals surface area contributed by atoms with Crippen LogP contribution >= 0.6 is 12.4 Å². The van der Waals surface area contributed by atoms with E-state index in [0.29, 0.717) is 12.5 Å². The summed E-state index contributed by atoms with van der Waals surface area (Å²) in [5, 5.41) is 12.6. The standard InChI is InChI=1S/C11H22N2O.ClH/c14-9-10-2-1-7-13(8-10)11-3-5-12-6-4-11;/h10-12,14H,1-9H2;1H. The van der Waals surface area contributed by atoms with Crippen LogP contribution in [-0.4, -0.2) is 48.8 Å². The lowest BCUT2D eigenvalue weighted by molar-refractivity contribution is 0.0751. The molecule has 15 heavy (non-hydrogen) atoms. The summed E-state index contributed by atoms with van der Waals surface area (Å²) in [6, 6.07) is 0.783. The molecule has 3 nitrogen and oxygen atoms in total. The summed E-state index contributed by atoms with van der Waals surface area (Å²) in [6.45, 7) is 5.10. The lowest BCUT2D eigenvalue weighted by Crippen LogP contribution is -2.47. The molecule has 90 valence electrons. The molecule has 0 radical (unpaired) electrons. The smallest absolute Gasteiger partial charge is 0.0471 e. The van der Waals surface area contributed by atoms with Crippen molar-refractivity contribution >= 4 is 12.4 Å². The average molecular weight is 235 g/mol. The fourth-order valence-electron chi connectivity index (χ4n) is 2.75. The SMILES string of the molecule is Cl.OCC1CCCN(C2CCNCC2)C1. The Morgan fingerprint density at radius 2 is 1.93 bits per heavy atom. The van der Waals surface area contributed by atoms with Crippen LogP contribution in [0.4, 0.5) is 0 Å². The number of halogens is 1. The van der Waals surface area contributed by atoms with Crippen molar-refractivity contribution in [3.05, 3.63) is 0 Å². The van der Waals surface area contributed by atoms with Gasteiger partial charge in [-0.05, 0) is 51.2 Å². The van der Waals surface area contributed by atoms with E-state index in [1.807, 2.05) is 0 Å². The summed E-state index contributed by atoms with van der Waals surface area (Å²) in [4.78, 5) is 2.60. The van der Waals surface area contributed by atoms with Crippen LogP contribution in [0, 0.1) is 5.92 Å². The fraction of sp³-hybridized carbons (Fsp3) is 1.00. The Morgan fingerprint density at radius 1 is 1.20 bits per heavy atom. The molecular weight excluding hydrogens is 212 g/mol. The lowest BCUT2D eigenvalue weighted by Gasteiger charge is -2.39. The predicted molar refractivity (Wildman–Crippen MR) is 64.5 cm³/mol. The molecule has 0 aromatic rings. The largest absolute Gasteiger partial charge is 0.396 e. The van der Waals surface area contributed by atoms with Crippen molar-refractivity contribution in [2.24, 2.45) is 5.92 Å². The van der Waals surface area contributed by atoms with Crippen LogP contribution in [0.5, 0.6) is 0 Å². The van der Waals surface area contributed by atoms with Gasteiger partial charge in [-0.2, -0.15) is 0 Å². The number of nitrogens with zero attached hydrogens (tertiary/aromatic N) is 1. The summed E-state index contributed by atoms with van der Waals surface area (Å²) in [5.74, 6) is 0.540. The molecule has 2 fully saturated rings. The van der Waals surface area contributed by atoms with Gasteiger partial charge in [0.25, 0.3) is 0 Å². The second-order valence-electron chi connectivity index (χ2n) is 4.67. The topological polar surface area (TPSA) is 35.5 Å². The molecule has 2 aliphatic heterocycles. The Hall–Kier alpha value is 0.170. The Labute approximate surface area is 98.6 Å². The summed E-state index contributed by atoms with van der Waals surface area (Å²) >= 11 is 0. The zero-order valence-corrected chi connectivity index (χ0v) is 10.1. The molecule has 1 atom stereocenters. The molecule has 1 unspecified atom stereocenters. The van der Waals surface area contributed by atoms with E-state index < -0.39 is 0 Å². The molecule has 0 aromatic heterocycles. The number of aliphatic hydroxyl groups is 1. The van der Waals surface area contributed by atoms with Gasteiger partial charge >= 0.3 is 0 Å². The zero-order valence-electron chi connectivity index (χ0n) is 9.32. The van der Waals surface area contributed by atoms with Gasteiger partial charge in [0.1, 0.15) is 0 Å². The maximum atomic E-state index is 9.17. The third-order valence-corrected chi connectivity index (χ3v) is 3.63. The van der Waals surface area contributed by atoms with E-state index in [9.17, 15) is 0 Å². The van der Waals surface area contributed by atoms with Crippen molar-refractivity contribution in [1.29, 1.82) is 0 Å². The van der Waals surface area contributed by atoms with E-state index in [1.165, 1.54) is 45.3 Å². The summed E-state index contributed by atoms with van der Waals surface area (Å²) < 4.78 is 0. The number of nitrogens with one attached hydrogen (secondary N) is 1. The molecule has 2 N–H and O–H groups in total. The minimum absolute atomic E-state index is 0. The molecule has 4 heteroatoms. The molecule has 2 aliphatic rings. The maximum Gasteiger partial charge on any atom is 0.0471 e. The van der Waals surface area contributed by atoms with Gasteiger partial charge < -0.3 is 10.4 Å². The van der Waals surface area contributed by atoms with E-state index in [4.69, 9.17) is 5.11 Å². The predicted octanol–water partition coefficient (Wildman–Crippen LogP) is 0.864. The average Bonchev–Trinajstić information content (AvgIpc) is 2.30. The number of piperidine rings is 2. The number of likely N-dealkylation sites (tertiary alicyclic amines) is 1. The molecule has 0 bridgehead atoms. The molecule has 0 aromatic carbocycles. The van der Waals surface area contributed by atoms with Gasteiger partial charge in [0.2, 0.25) is 0 Å². The van der Waals surface area contributed by atoms with Crippen LogP contribution in [-0.2, 0) is 0 Å². The molecule has 2 heterocycles. The first-order valence-electron chi connectivity index (χ1n) is 5.96. The first kappa shape index (κ1) is 13.2. The maximum absolute atomic E-state index is 9.17. The zero-order chi connectivity index (χ0) is 9.80. The minimum Gasteiger partial charge on any atom is -0.396 e. The van der Waals surface area contributed by atoms with Gasteiger partial charge in [-0.15, -0.1) is 12.4 Å². The van der Waals surface area contributed by atoms with Gasteiger partial charge in [-0.1, -0.05) is 0 Å². The molecule has 0 spiro atoms. The number of hydrogen-bond acceptors (Lipinski definition) is 3. The highest BCUT2D eigenvalue weighted by Gasteiger charge is 2.26. The minimum atomic E-state index is 0. The molecule has 2 rings (SSSR count). The molecular formula is C11H23ClN2O. The fourth-order valence-corrected chi connectivity index (χ4v) is 2.75. The van der Waals surface area contributed by atoms with Crippen molar-refractivity contribution in [2.75, 3.05) is 32.8 Å². The second-order valence-corrected chi connectivity index (χ2v) is 4.67. The monoisotopic (exact) mass is 234 g/mol. The van der Waals surface area contributed by atoms with E-state index in [-0.39, 0.29) is 12.4 Å². The van der Waals surface area contributed by atoms with Crippen molar-refractivity contribution in [3.8, 4) is 0 Å². The van der Waals surface area contributed by atoms with Gasteiger partial charge in [0, 0.05) is 19.2 Å². The Kier molecular flexibility index (Phi) is 5.90. The van der Waals surface area contributed by atoms with Crippen LogP contribution in [0.2, 0.25) is 0 Å². The summed E-state index contributed by atoms with van der Waals surface area (Å²) in [7, 11) is 0. The number of aliphatic hydroxyl groups excluding tert-OH is 1. The van der Waals surface area contributed by atoms with Crippen molar-refractivity contribution in [2.45, 2.75) is 31.7 Å². The summed E-state index contributed by atoms with van der Waals surface area (Å²) in [6.07, 6.45) is 5.07. The third-order valence-electron chi connectivity index (χ3n) is 3.63. The number of rotatable bonds is 2. The third kappa shape index (κ3) is 3.59. The quantitative estimate of drug-likeness (QED) is 0.744. The number of hydrogen-bond donors (Lipinski definition) is 2. The van der Waals surface area contributed by atoms with Crippen LogP contribution in [0.1, 0.15) is 25.7 Å². The van der Waals surface area contributed by atoms with Gasteiger partial charge in [0.15, 0.2) is 0 Å². The first-order valence-corrected chi connectivity index (χ1v) is 5.96. The molecule has 2 saturated heterocycles. The van der Waals surface area contributed by atoms with Crippen molar-refractivity contribution in [3.63, 3.8) is 0 Å². The molecule has 0 aliphatic carbocycles. The Balaban J connectivity index is 0.00000112. The van der Waals surface area contributed by atoms with E-state index in [1.54, 1.807) is 0 Å². The van der Waals surface area contributed by atoms with Gasteiger partial charge in [-0.25, -0.2) is 0 Å². The normalized spacial score (nSPS) is 29.8. The highest BCUT2D eigenvalue weighted by Crippen LogP contribution is 2.21. The van der Waals surface area contributed by atoms with Gasteiger partial charge in [-0.3, -0.25) is 4.90 Å². The second kappa shape index (κ2) is 6.69. The van der Waals surface area contributed by atoms with Crippen molar-refractivity contribution in [1.82, 2.24) is 10.2 Å². The van der Waals surface area contributed by atoms with E-state index in [2.05, 4.69) is 10.2 Å². The van der Waals surface area contributed by atoms with Crippen LogP contribution in [0.25, 0.3) is 0 Å². The van der Waals surface area contributed by atoms with Crippen LogP contribution in [0.3, 0.4) is 0 Å². The van der Waals surface area contributed by atoms with Crippen LogP contribution < -0.4 is 5.32 Å². The molecule has 0 amide bonds. The first-order chi connectivity index (χ1) is 6.90. The van der Waals surface area contributed by atoms with Gasteiger partial charge in [0.05, 0.1) is 0 Å². The van der Waals surface area contributed by atoms with Crippen LogP contribution in [0.15, 0.2) is 0 Å². The Bertz CT molecular complexity index is 174. The highest BCUT2D eigenvalue weighted by atomic mass is 35.5. The summed E-state index contributed by atoms with van der Waals surface area (Å²) in [5.41, 5.74) is 0. The molecule has 0 saturated carbocycles.